The van der Waals surface area contributed by atoms with Crippen LogP contribution in [-0.4, -0.2) is 15.0 Å². The minimum absolute atomic E-state index is 0.878. The number of hydrogen-bond donors (Lipinski definition) is 0. The molecule has 0 fully saturated rings. The SMILES string of the molecule is CCCCCCCCn1nc2c(-c3ccccc3)ccc(-c3ccccc3)c2n1. The summed E-state index contributed by atoms with van der Waals surface area (Å²) in [6.07, 6.45) is 7.64. The fourth-order valence-electron chi connectivity index (χ4n) is 3.87. The summed E-state index contributed by atoms with van der Waals surface area (Å²) in [4.78, 5) is 1.91. The van der Waals surface area contributed by atoms with Gasteiger partial charge in [-0.2, -0.15) is 15.0 Å². The van der Waals surface area contributed by atoms with Gasteiger partial charge in [-0.3, -0.25) is 0 Å². The zero-order chi connectivity index (χ0) is 19.9. The Labute approximate surface area is 173 Å². The second kappa shape index (κ2) is 9.51. The molecule has 148 valence electrons. The van der Waals surface area contributed by atoms with E-state index in [0.717, 1.165) is 35.1 Å². The van der Waals surface area contributed by atoms with Crippen LogP contribution >= 0.6 is 0 Å². The van der Waals surface area contributed by atoms with Crippen molar-refractivity contribution < 1.29 is 0 Å². The third-order valence-corrected chi connectivity index (χ3v) is 5.46. The molecular formula is C26H29N3. The van der Waals surface area contributed by atoms with E-state index in [1.54, 1.807) is 0 Å². The molecule has 1 heterocycles. The monoisotopic (exact) mass is 383 g/mol. The molecule has 3 aromatic carbocycles. The van der Waals surface area contributed by atoms with Crippen molar-refractivity contribution in [2.24, 2.45) is 0 Å². The highest BCUT2D eigenvalue weighted by Gasteiger charge is 2.14. The first-order valence-electron chi connectivity index (χ1n) is 10.9. The first kappa shape index (κ1) is 19.4. The van der Waals surface area contributed by atoms with Crippen LogP contribution in [0.15, 0.2) is 72.8 Å². The van der Waals surface area contributed by atoms with Gasteiger partial charge in [-0.15, -0.1) is 0 Å². The lowest BCUT2D eigenvalue weighted by Crippen LogP contribution is -2.02. The third-order valence-electron chi connectivity index (χ3n) is 5.46. The molecule has 1 aromatic heterocycles. The molecule has 0 aliphatic rings. The highest BCUT2D eigenvalue weighted by Crippen LogP contribution is 2.33. The molecule has 0 saturated carbocycles. The van der Waals surface area contributed by atoms with E-state index in [1.807, 2.05) is 4.80 Å². The Morgan fingerprint density at radius 3 is 1.59 bits per heavy atom. The Morgan fingerprint density at radius 1 is 0.586 bits per heavy atom. The maximum atomic E-state index is 4.91. The van der Waals surface area contributed by atoms with E-state index >= 15 is 0 Å². The standard InChI is InChI=1S/C26H29N3/c1-2-3-4-5-6-13-20-29-27-25-23(21-14-9-7-10-15-21)18-19-24(26(25)28-29)22-16-11-8-12-17-22/h7-12,14-19H,2-6,13,20H2,1H3. The number of aromatic nitrogens is 3. The molecule has 0 unspecified atom stereocenters. The number of fused-ring (bicyclic) bond motifs is 1. The van der Waals surface area contributed by atoms with Gasteiger partial charge < -0.3 is 0 Å². The lowest BCUT2D eigenvalue weighted by atomic mass is 9.98. The van der Waals surface area contributed by atoms with Gasteiger partial charge in [0.2, 0.25) is 0 Å². The van der Waals surface area contributed by atoms with Crippen LogP contribution in [0.5, 0.6) is 0 Å². The van der Waals surface area contributed by atoms with Gasteiger partial charge in [-0.1, -0.05) is 112 Å². The van der Waals surface area contributed by atoms with Crippen LogP contribution in [0.1, 0.15) is 45.4 Å². The lowest BCUT2D eigenvalue weighted by Gasteiger charge is -2.06. The summed E-state index contributed by atoms with van der Waals surface area (Å²) in [7, 11) is 0. The molecule has 0 bridgehead atoms. The molecular weight excluding hydrogens is 354 g/mol. The highest BCUT2D eigenvalue weighted by molar-refractivity contribution is 6.00. The highest BCUT2D eigenvalue weighted by atomic mass is 15.5. The van der Waals surface area contributed by atoms with E-state index in [2.05, 4.69) is 79.7 Å². The maximum absolute atomic E-state index is 4.91. The summed E-state index contributed by atoms with van der Waals surface area (Å²) < 4.78 is 0. The van der Waals surface area contributed by atoms with Crippen LogP contribution in [0, 0.1) is 0 Å². The minimum Gasteiger partial charge on any atom is -0.184 e. The van der Waals surface area contributed by atoms with Crippen molar-refractivity contribution in [3.05, 3.63) is 72.8 Å². The maximum Gasteiger partial charge on any atom is 0.121 e. The summed E-state index contributed by atoms with van der Waals surface area (Å²) in [6.45, 7) is 3.14. The fraction of sp³-hybridized carbons (Fsp3) is 0.308. The van der Waals surface area contributed by atoms with Crippen LogP contribution in [0.2, 0.25) is 0 Å². The zero-order valence-electron chi connectivity index (χ0n) is 17.2. The molecule has 0 saturated heterocycles. The second-order valence-electron chi connectivity index (χ2n) is 7.65. The summed E-state index contributed by atoms with van der Waals surface area (Å²) >= 11 is 0. The third kappa shape index (κ3) is 4.56. The van der Waals surface area contributed by atoms with E-state index in [1.165, 1.54) is 43.2 Å². The second-order valence-corrected chi connectivity index (χ2v) is 7.65. The number of hydrogen-bond acceptors (Lipinski definition) is 2. The predicted octanol–water partition coefficient (Wildman–Crippen LogP) is 7.13. The van der Waals surface area contributed by atoms with Gasteiger partial charge in [0.25, 0.3) is 0 Å². The minimum atomic E-state index is 0.878. The molecule has 0 amide bonds. The van der Waals surface area contributed by atoms with Gasteiger partial charge in [-0.25, -0.2) is 0 Å². The summed E-state index contributed by atoms with van der Waals surface area (Å²) in [6, 6.07) is 25.3. The molecule has 3 heteroatoms. The van der Waals surface area contributed by atoms with Gasteiger partial charge in [0.1, 0.15) is 11.0 Å². The normalized spacial score (nSPS) is 11.2. The molecule has 0 radical (unpaired) electrons. The fourth-order valence-corrected chi connectivity index (χ4v) is 3.87. The molecule has 0 aliphatic carbocycles. The molecule has 0 spiro atoms. The predicted molar refractivity (Wildman–Crippen MR) is 122 cm³/mol. The molecule has 4 rings (SSSR count). The average Bonchev–Trinajstić information content (AvgIpc) is 3.21. The number of rotatable bonds is 9. The summed E-state index contributed by atoms with van der Waals surface area (Å²) in [5, 5.41) is 9.83. The lowest BCUT2D eigenvalue weighted by molar-refractivity contribution is 0.488. The van der Waals surface area contributed by atoms with Gasteiger partial charge in [0.15, 0.2) is 0 Å². The largest absolute Gasteiger partial charge is 0.184 e. The smallest absolute Gasteiger partial charge is 0.121 e. The van der Waals surface area contributed by atoms with Crippen LogP contribution in [0.4, 0.5) is 0 Å². The van der Waals surface area contributed by atoms with Gasteiger partial charge in [-0.05, 0) is 17.5 Å². The van der Waals surface area contributed by atoms with Crippen LogP contribution in [-0.2, 0) is 6.54 Å². The van der Waals surface area contributed by atoms with E-state index in [4.69, 9.17) is 10.2 Å². The molecule has 3 nitrogen and oxygen atoms in total. The Morgan fingerprint density at radius 2 is 1.07 bits per heavy atom. The van der Waals surface area contributed by atoms with Gasteiger partial charge >= 0.3 is 0 Å². The molecule has 0 aliphatic heterocycles. The van der Waals surface area contributed by atoms with Crippen molar-refractivity contribution in [2.75, 3.05) is 0 Å². The van der Waals surface area contributed by atoms with Crippen molar-refractivity contribution in [2.45, 2.75) is 52.0 Å². The van der Waals surface area contributed by atoms with E-state index in [0.29, 0.717) is 0 Å². The summed E-state index contributed by atoms with van der Waals surface area (Å²) in [5.74, 6) is 0. The quantitative estimate of drug-likeness (QED) is 0.288. The molecule has 0 N–H and O–H groups in total. The average molecular weight is 384 g/mol. The van der Waals surface area contributed by atoms with Crippen molar-refractivity contribution in [3.8, 4) is 22.3 Å². The van der Waals surface area contributed by atoms with Crippen molar-refractivity contribution in [1.82, 2.24) is 15.0 Å². The van der Waals surface area contributed by atoms with Crippen molar-refractivity contribution >= 4 is 11.0 Å². The Kier molecular flexibility index (Phi) is 6.35. The van der Waals surface area contributed by atoms with E-state index in [9.17, 15) is 0 Å². The van der Waals surface area contributed by atoms with Gasteiger partial charge in [0.05, 0.1) is 6.54 Å². The van der Waals surface area contributed by atoms with Crippen molar-refractivity contribution in [1.29, 1.82) is 0 Å². The number of unbranched alkanes of at least 4 members (excludes halogenated alkanes) is 5. The number of benzene rings is 3. The molecule has 4 aromatic rings. The van der Waals surface area contributed by atoms with E-state index < -0.39 is 0 Å². The number of aryl methyl sites for hydroxylation is 1. The molecule has 29 heavy (non-hydrogen) atoms. The van der Waals surface area contributed by atoms with Crippen LogP contribution < -0.4 is 0 Å². The van der Waals surface area contributed by atoms with Gasteiger partial charge in [0, 0.05) is 11.1 Å². The van der Waals surface area contributed by atoms with Crippen LogP contribution in [0.3, 0.4) is 0 Å². The topological polar surface area (TPSA) is 30.7 Å². The Bertz CT molecular complexity index is 959. The first-order chi connectivity index (χ1) is 14.4. The first-order valence-corrected chi connectivity index (χ1v) is 10.9. The van der Waals surface area contributed by atoms with E-state index in [-0.39, 0.29) is 0 Å². The van der Waals surface area contributed by atoms with Crippen LogP contribution in [0.25, 0.3) is 33.3 Å². The summed E-state index contributed by atoms with van der Waals surface area (Å²) in [5.41, 5.74) is 6.64. The zero-order valence-corrected chi connectivity index (χ0v) is 17.2. The Balaban J connectivity index is 1.66. The Hall–Kier alpha value is -2.94. The number of nitrogens with zero attached hydrogens (tertiary/aromatic N) is 3. The molecule has 0 atom stereocenters. The van der Waals surface area contributed by atoms with Crippen molar-refractivity contribution in [3.63, 3.8) is 0 Å².